The largest absolute Gasteiger partial charge is 0.493 e. The smallest absolute Gasteiger partial charge is 0.323 e. The molecule has 0 bridgehead atoms. The first-order valence-corrected chi connectivity index (χ1v) is 8.80. The van der Waals surface area contributed by atoms with Crippen molar-refractivity contribution in [2.75, 3.05) is 7.11 Å². The number of H-pyrrole nitrogens is 2. The minimum absolute atomic E-state index is 0.116. The van der Waals surface area contributed by atoms with E-state index in [-0.39, 0.29) is 11.1 Å². The molecule has 1 heterocycles. The van der Waals surface area contributed by atoms with Crippen molar-refractivity contribution < 1.29 is 9.47 Å². The van der Waals surface area contributed by atoms with Crippen molar-refractivity contribution >= 4 is 0 Å². The SMILES string of the molecule is COc1ccc(C2(Cc3c[nH]c(=O)[nH]3)CC2)cc1OC1CCCC1. The van der Waals surface area contributed by atoms with E-state index in [0.717, 1.165) is 49.3 Å². The summed E-state index contributed by atoms with van der Waals surface area (Å²) in [4.78, 5) is 16.9. The van der Waals surface area contributed by atoms with Gasteiger partial charge in [-0.3, -0.25) is 0 Å². The fraction of sp³-hybridized carbons (Fsp3) is 0.526. The van der Waals surface area contributed by atoms with Crippen LogP contribution in [0.25, 0.3) is 0 Å². The summed E-state index contributed by atoms with van der Waals surface area (Å²) in [7, 11) is 1.69. The number of hydrogen-bond acceptors (Lipinski definition) is 3. The van der Waals surface area contributed by atoms with E-state index in [1.807, 2.05) is 6.07 Å². The normalized spacial score (nSPS) is 19.4. The number of methoxy groups -OCH3 is 1. The van der Waals surface area contributed by atoms with E-state index < -0.39 is 0 Å². The molecule has 0 radical (unpaired) electrons. The van der Waals surface area contributed by atoms with Gasteiger partial charge in [0.15, 0.2) is 11.5 Å². The van der Waals surface area contributed by atoms with Gasteiger partial charge >= 0.3 is 5.69 Å². The molecule has 2 fully saturated rings. The summed E-state index contributed by atoms with van der Waals surface area (Å²) in [5.74, 6) is 1.66. The van der Waals surface area contributed by atoms with Crippen LogP contribution in [0, 0.1) is 0 Å². The molecule has 0 unspecified atom stereocenters. The van der Waals surface area contributed by atoms with E-state index in [1.54, 1.807) is 13.3 Å². The van der Waals surface area contributed by atoms with Gasteiger partial charge in [0.05, 0.1) is 13.2 Å². The van der Waals surface area contributed by atoms with E-state index in [0.29, 0.717) is 6.10 Å². The third kappa shape index (κ3) is 2.95. The van der Waals surface area contributed by atoms with E-state index in [9.17, 15) is 4.79 Å². The van der Waals surface area contributed by atoms with Crippen molar-refractivity contribution in [2.45, 2.75) is 56.5 Å². The topological polar surface area (TPSA) is 67.1 Å². The Morgan fingerprint density at radius 3 is 2.62 bits per heavy atom. The lowest BCUT2D eigenvalue weighted by Crippen LogP contribution is -2.15. The van der Waals surface area contributed by atoms with E-state index in [1.165, 1.54) is 18.4 Å². The second-order valence-corrected chi connectivity index (χ2v) is 7.12. The summed E-state index contributed by atoms with van der Waals surface area (Å²) >= 11 is 0. The number of benzene rings is 1. The summed E-state index contributed by atoms with van der Waals surface area (Å²) in [6.07, 6.45) is 9.96. The Morgan fingerprint density at radius 1 is 1.21 bits per heavy atom. The van der Waals surface area contributed by atoms with Gasteiger partial charge in [-0.25, -0.2) is 4.79 Å². The minimum atomic E-state index is -0.138. The zero-order valence-electron chi connectivity index (χ0n) is 14.1. The molecule has 2 saturated carbocycles. The highest BCUT2D eigenvalue weighted by Crippen LogP contribution is 2.52. The molecule has 0 saturated heterocycles. The molecule has 2 aliphatic rings. The zero-order valence-corrected chi connectivity index (χ0v) is 14.1. The maximum atomic E-state index is 11.3. The first-order chi connectivity index (χ1) is 11.7. The molecule has 24 heavy (non-hydrogen) atoms. The number of aromatic amines is 2. The second kappa shape index (κ2) is 6.04. The average Bonchev–Trinajstić information content (AvgIpc) is 2.97. The van der Waals surface area contributed by atoms with Crippen LogP contribution >= 0.6 is 0 Å². The number of rotatable bonds is 6. The van der Waals surface area contributed by atoms with Crippen molar-refractivity contribution in [3.8, 4) is 11.5 Å². The maximum absolute atomic E-state index is 11.3. The average molecular weight is 328 g/mol. The van der Waals surface area contributed by atoms with Crippen LogP contribution in [0.2, 0.25) is 0 Å². The number of ether oxygens (including phenoxy) is 2. The molecule has 128 valence electrons. The Hall–Kier alpha value is -2.17. The Kier molecular flexibility index (Phi) is 3.87. The molecule has 1 aromatic heterocycles. The van der Waals surface area contributed by atoms with Gasteiger partial charge in [-0.2, -0.15) is 0 Å². The highest BCUT2D eigenvalue weighted by Gasteiger charge is 2.45. The minimum Gasteiger partial charge on any atom is -0.493 e. The zero-order chi connectivity index (χ0) is 16.6. The lowest BCUT2D eigenvalue weighted by atomic mass is 9.91. The highest BCUT2D eigenvalue weighted by atomic mass is 16.5. The van der Waals surface area contributed by atoms with Gasteiger partial charge in [-0.1, -0.05) is 6.07 Å². The van der Waals surface area contributed by atoms with Gasteiger partial charge in [0.2, 0.25) is 0 Å². The maximum Gasteiger partial charge on any atom is 0.323 e. The summed E-state index contributed by atoms with van der Waals surface area (Å²) in [5.41, 5.74) is 2.22. The Balaban J connectivity index is 1.59. The number of hydrogen-bond donors (Lipinski definition) is 2. The van der Waals surface area contributed by atoms with Gasteiger partial charge in [-0.15, -0.1) is 0 Å². The molecule has 1 aromatic carbocycles. The van der Waals surface area contributed by atoms with Crippen molar-refractivity contribution in [3.63, 3.8) is 0 Å². The second-order valence-electron chi connectivity index (χ2n) is 7.12. The Morgan fingerprint density at radius 2 is 2.00 bits per heavy atom. The van der Waals surface area contributed by atoms with E-state index in [2.05, 4.69) is 22.1 Å². The van der Waals surface area contributed by atoms with Crippen LogP contribution in [0.4, 0.5) is 0 Å². The van der Waals surface area contributed by atoms with Gasteiger partial charge in [-0.05, 0) is 62.6 Å². The van der Waals surface area contributed by atoms with Crippen LogP contribution in [-0.4, -0.2) is 23.2 Å². The van der Waals surface area contributed by atoms with Crippen LogP contribution in [0.1, 0.15) is 49.8 Å². The lowest BCUT2D eigenvalue weighted by molar-refractivity contribution is 0.200. The Labute approximate surface area is 141 Å². The molecule has 2 aliphatic carbocycles. The molecule has 4 rings (SSSR count). The van der Waals surface area contributed by atoms with Crippen LogP contribution < -0.4 is 15.2 Å². The van der Waals surface area contributed by atoms with Gasteiger partial charge in [0.25, 0.3) is 0 Å². The highest BCUT2D eigenvalue weighted by molar-refractivity contribution is 5.47. The third-order valence-electron chi connectivity index (χ3n) is 5.41. The van der Waals surface area contributed by atoms with Crippen molar-refractivity contribution in [1.82, 2.24) is 9.97 Å². The molecule has 2 aromatic rings. The van der Waals surface area contributed by atoms with Gasteiger partial charge in [0, 0.05) is 17.3 Å². The monoisotopic (exact) mass is 328 g/mol. The molecule has 5 heteroatoms. The van der Waals surface area contributed by atoms with Crippen molar-refractivity contribution in [1.29, 1.82) is 0 Å². The third-order valence-corrected chi connectivity index (χ3v) is 5.41. The molecule has 0 spiro atoms. The molecular weight excluding hydrogens is 304 g/mol. The predicted molar refractivity (Wildman–Crippen MR) is 91.9 cm³/mol. The van der Waals surface area contributed by atoms with Gasteiger partial charge < -0.3 is 19.4 Å². The molecule has 2 N–H and O–H groups in total. The lowest BCUT2D eigenvalue weighted by Gasteiger charge is -2.20. The summed E-state index contributed by atoms with van der Waals surface area (Å²) in [6.45, 7) is 0. The summed E-state index contributed by atoms with van der Waals surface area (Å²) in [6, 6.07) is 6.30. The molecule has 5 nitrogen and oxygen atoms in total. The van der Waals surface area contributed by atoms with Crippen LogP contribution in [0.5, 0.6) is 11.5 Å². The first-order valence-electron chi connectivity index (χ1n) is 8.80. The number of aromatic nitrogens is 2. The fourth-order valence-corrected chi connectivity index (χ4v) is 3.83. The van der Waals surface area contributed by atoms with Crippen molar-refractivity contribution in [3.05, 3.63) is 46.1 Å². The number of nitrogens with one attached hydrogen (secondary N) is 2. The fourth-order valence-electron chi connectivity index (χ4n) is 3.83. The Bertz CT molecular complexity index is 767. The molecule has 0 atom stereocenters. The van der Waals surface area contributed by atoms with Crippen LogP contribution in [-0.2, 0) is 11.8 Å². The molecule has 0 aliphatic heterocycles. The van der Waals surface area contributed by atoms with Gasteiger partial charge in [0.1, 0.15) is 0 Å². The predicted octanol–water partition coefficient (Wildman–Crippen LogP) is 3.31. The first kappa shape index (κ1) is 15.4. The molecular formula is C19H24N2O3. The van der Waals surface area contributed by atoms with Crippen LogP contribution in [0.3, 0.4) is 0 Å². The standard InChI is InChI=1S/C19H24N2O3/c1-23-16-7-6-13(10-17(16)24-15-4-2-3-5-15)19(8-9-19)11-14-12-20-18(22)21-14/h6-7,10,12,15H,2-5,8-9,11H2,1H3,(H2,20,21,22). The summed E-state index contributed by atoms with van der Waals surface area (Å²) in [5, 5.41) is 0. The van der Waals surface area contributed by atoms with E-state index >= 15 is 0 Å². The summed E-state index contributed by atoms with van der Waals surface area (Å²) < 4.78 is 11.7. The quantitative estimate of drug-likeness (QED) is 0.855. The van der Waals surface area contributed by atoms with E-state index in [4.69, 9.17) is 9.47 Å². The van der Waals surface area contributed by atoms with Crippen LogP contribution in [0.15, 0.2) is 29.2 Å². The molecule has 0 amide bonds. The number of imidazole rings is 1. The van der Waals surface area contributed by atoms with Crippen molar-refractivity contribution in [2.24, 2.45) is 0 Å².